The van der Waals surface area contributed by atoms with E-state index in [2.05, 4.69) is 37.1 Å². The van der Waals surface area contributed by atoms with Crippen LogP contribution in [0.5, 0.6) is 0 Å². The summed E-state index contributed by atoms with van der Waals surface area (Å²) in [6, 6.07) is 8.68. The molecule has 0 aliphatic carbocycles. The SMILES string of the molecule is CN[C@H](C(=O)N[C@H](C(=O)N(C)[C@H](/C=C(/C)S)C(C)C)C(C)(C)C)C(C)(C)c1ccccc1. The van der Waals surface area contributed by atoms with Crippen molar-refractivity contribution in [1.82, 2.24) is 15.5 Å². The van der Waals surface area contributed by atoms with Gasteiger partial charge in [-0.15, -0.1) is 12.6 Å². The lowest BCUT2D eigenvalue weighted by molar-refractivity contribution is -0.140. The first-order chi connectivity index (χ1) is 14.6. The van der Waals surface area contributed by atoms with Crippen molar-refractivity contribution in [2.24, 2.45) is 11.3 Å². The summed E-state index contributed by atoms with van der Waals surface area (Å²) in [5, 5.41) is 6.26. The van der Waals surface area contributed by atoms with Gasteiger partial charge in [-0.25, -0.2) is 0 Å². The van der Waals surface area contributed by atoms with Crippen LogP contribution in [0.4, 0.5) is 0 Å². The Morgan fingerprint density at radius 2 is 1.56 bits per heavy atom. The van der Waals surface area contributed by atoms with E-state index in [9.17, 15) is 9.59 Å². The Morgan fingerprint density at radius 3 is 1.97 bits per heavy atom. The summed E-state index contributed by atoms with van der Waals surface area (Å²) in [5.74, 6) is -0.0859. The minimum Gasteiger partial charge on any atom is -0.342 e. The van der Waals surface area contributed by atoms with Crippen molar-refractivity contribution >= 4 is 24.4 Å². The van der Waals surface area contributed by atoms with Crippen LogP contribution in [0.25, 0.3) is 0 Å². The Labute approximate surface area is 200 Å². The number of allylic oxidation sites excluding steroid dienone is 1. The number of likely N-dealkylation sites (N-methyl/N-ethyl adjacent to an activating group) is 2. The molecule has 6 heteroatoms. The Hall–Kier alpha value is -1.79. The molecule has 1 rings (SSSR count). The molecule has 0 aromatic heterocycles. The molecule has 0 unspecified atom stereocenters. The molecule has 3 atom stereocenters. The molecule has 2 amide bonds. The number of nitrogens with one attached hydrogen (secondary N) is 2. The van der Waals surface area contributed by atoms with Crippen LogP contribution >= 0.6 is 12.6 Å². The topological polar surface area (TPSA) is 61.4 Å². The quantitative estimate of drug-likeness (QED) is 0.478. The first-order valence-corrected chi connectivity index (χ1v) is 11.8. The highest BCUT2D eigenvalue weighted by molar-refractivity contribution is 7.84. The van der Waals surface area contributed by atoms with Crippen molar-refractivity contribution in [2.45, 2.75) is 78.9 Å². The summed E-state index contributed by atoms with van der Waals surface area (Å²) >= 11 is 4.41. The van der Waals surface area contributed by atoms with E-state index in [1.54, 1.807) is 19.0 Å². The monoisotopic (exact) mass is 461 g/mol. The molecule has 0 saturated carbocycles. The summed E-state index contributed by atoms with van der Waals surface area (Å²) in [7, 11) is 3.58. The maximum absolute atomic E-state index is 13.6. The van der Waals surface area contributed by atoms with Gasteiger partial charge >= 0.3 is 0 Å². The van der Waals surface area contributed by atoms with Gasteiger partial charge < -0.3 is 15.5 Å². The van der Waals surface area contributed by atoms with E-state index in [4.69, 9.17) is 0 Å². The van der Waals surface area contributed by atoms with Gasteiger partial charge in [0.1, 0.15) is 6.04 Å². The molecular weight excluding hydrogens is 418 g/mol. The predicted octanol–water partition coefficient (Wildman–Crippen LogP) is 4.40. The molecule has 5 nitrogen and oxygen atoms in total. The standard InChI is InChI=1S/C26H43N3O2S/c1-17(2)20(16-18(3)32)29(10)24(31)22(25(4,5)6)28-23(30)21(27-9)26(7,8)19-14-12-11-13-15-19/h11-17,20-22,27,32H,1-10H3,(H,28,30)/b18-16-/t20-,21-,22-/m1/s1. The molecule has 2 N–H and O–H groups in total. The Kier molecular flexibility index (Phi) is 10.0. The summed E-state index contributed by atoms with van der Waals surface area (Å²) in [4.78, 5) is 29.7. The third-order valence-electron chi connectivity index (χ3n) is 6.08. The maximum Gasteiger partial charge on any atom is 0.245 e. The lowest BCUT2D eigenvalue weighted by atomic mass is 9.76. The maximum atomic E-state index is 13.6. The number of rotatable bonds is 9. The van der Waals surface area contributed by atoms with Crippen molar-refractivity contribution in [1.29, 1.82) is 0 Å². The molecule has 0 radical (unpaired) electrons. The van der Waals surface area contributed by atoms with E-state index < -0.39 is 22.9 Å². The van der Waals surface area contributed by atoms with E-state index in [1.165, 1.54) is 0 Å². The normalized spacial score (nSPS) is 15.8. The molecular formula is C26H43N3O2S. The fourth-order valence-corrected chi connectivity index (χ4v) is 4.23. The molecule has 1 aromatic rings. The molecule has 0 aliphatic heterocycles. The summed E-state index contributed by atoms with van der Waals surface area (Å²) in [6.45, 7) is 16.1. The van der Waals surface area contributed by atoms with Crippen LogP contribution in [0.2, 0.25) is 0 Å². The fourth-order valence-electron chi connectivity index (χ4n) is 4.08. The average Bonchev–Trinajstić information content (AvgIpc) is 2.69. The van der Waals surface area contributed by atoms with Gasteiger partial charge in [-0.2, -0.15) is 0 Å². The van der Waals surface area contributed by atoms with Gasteiger partial charge in [0, 0.05) is 12.5 Å². The van der Waals surface area contributed by atoms with Crippen LogP contribution in [0.15, 0.2) is 41.3 Å². The second-order valence-corrected chi connectivity index (χ2v) is 11.3. The highest BCUT2D eigenvalue weighted by Crippen LogP contribution is 2.29. The molecule has 0 spiro atoms. The number of nitrogens with zero attached hydrogens (tertiary/aromatic N) is 1. The molecule has 32 heavy (non-hydrogen) atoms. The second kappa shape index (κ2) is 11.4. The zero-order valence-electron chi connectivity index (χ0n) is 21.5. The first-order valence-electron chi connectivity index (χ1n) is 11.3. The smallest absolute Gasteiger partial charge is 0.245 e. The highest BCUT2D eigenvalue weighted by atomic mass is 32.1. The third kappa shape index (κ3) is 7.11. The van der Waals surface area contributed by atoms with Gasteiger partial charge in [0.05, 0.1) is 12.1 Å². The zero-order chi connectivity index (χ0) is 24.9. The predicted molar refractivity (Wildman–Crippen MR) is 138 cm³/mol. The molecule has 0 aliphatic rings. The number of carbonyl (C=O) groups is 2. The van der Waals surface area contributed by atoms with Gasteiger partial charge in [0.25, 0.3) is 0 Å². The number of hydrogen-bond donors (Lipinski definition) is 3. The van der Waals surface area contributed by atoms with Crippen LogP contribution < -0.4 is 10.6 Å². The molecule has 0 saturated heterocycles. The molecule has 180 valence electrons. The van der Waals surface area contributed by atoms with Crippen molar-refractivity contribution in [2.75, 3.05) is 14.1 Å². The second-order valence-electron chi connectivity index (χ2n) is 10.6. The zero-order valence-corrected chi connectivity index (χ0v) is 22.4. The molecule has 0 fully saturated rings. The average molecular weight is 462 g/mol. The van der Waals surface area contributed by atoms with E-state index in [1.807, 2.05) is 78.0 Å². The summed E-state index contributed by atoms with van der Waals surface area (Å²) < 4.78 is 0. The van der Waals surface area contributed by atoms with Gasteiger partial charge in [0.15, 0.2) is 0 Å². The largest absolute Gasteiger partial charge is 0.342 e. The Balaban J connectivity index is 3.24. The van der Waals surface area contributed by atoms with Gasteiger partial charge in [-0.1, -0.05) is 84.9 Å². The van der Waals surface area contributed by atoms with Gasteiger partial charge in [-0.05, 0) is 35.8 Å². The Morgan fingerprint density at radius 1 is 1.03 bits per heavy atom. The fraction of sp³-hybridized carbons (Fsp3) is 0.615. The molecule has 1 aromatic carbocycles. The highest BCUT2D eigenvalue weighted by Gasteiger charge is 2.41. The van der Waals surface area contributed by atoms with Crippen LogP contribution in [-0.2, 0) is 15.0 Å². The number of thiol groups is 1. The number of carbonyl (C=O) groups excluding carboxylic acids is 2. The van der Waals surface area contributed by atoms with Crippen LogP contribution in [0.3, 0.4) is 0 Å². The summed E-state index contributed by atoms with van der Waals surface area (Å²) in [6.07, 6.45) is 1.99. The van der Waals surface area contributed by atoms with E-state index in [-0.39, 0.29) is 23.8 Å². The number of benzene rings is 1. The van der Waals surface area contributed by atoms with E-state index in [0.29, 0.717) is 0 Å². The van der Waals surface area contributed by atoms with Crippen molar-refractivity contribution < 1.29 is 9.59 Å². The first kappa shape index (κ1) is 28.2. The van der Waals surface area contributed by atoms with Crippen molar-refractivity contribution in [3.8, 4) is 0 Å². The molecule has 0 bridgehead atoms. The minimum absolute atomic E-state index is 0.109. The summed E-state index contributed by atoms with van der Waals surface area (Å²) in [5.41, 5.74) is 0.126. The lowest BCUT2D eigenvalue weighted by Crippen LogP contribution is -2.61. The Bertz CT molecular complexity index is 793. The third-order valence-corrected chi connectivity index (χ3v) is 6.23. The minimum atomic E-state index is -0.669. The van der Waals surface area contributed by atoms with Crippen molar-refractivity contribution in [3.63, 3.8) is 0 Å². The van der Waals surface area contributed by atoms with E-state index >= 15 is 0 Å². The van der Waals surface area contributed by atoms with E-state index in [0.717, 1.165) is 10.5 Å². The lowest BCUT2D eigenvalue weighted by Gasteiger charge is -2.39. The number of amides is 2. The van der Waals surface area contributed by atoms with Gasteiger partial charge in [0.2, 0.25) is 11.8 Å². The molecule has 0 heterocycles. The number of hydrogen-bond acceptors (Lipinski definition) is 4. The van der Waals surface area contributed by atoms with Gasteiger partial charge in [-0.3, -0.25) is 9.59 Å². The van der Waals surface area contributed by atoms with Crippen LogP contribution in [0.1, 0.15) is 61.0 Å². The van der Waals surface area contributed by atoms with Crippen molar-refractivity contribution in [3.05, 3.63) is 46.9 Å². The van der Waals surface area contributed by atoms with Crippen LogP contribution in [0, 0.1) is 11.3 Å². The van der Waals surface area contributed by atoms with Crippen LogP contribution in [-0.4, -0.2) is 48.9 Å².